The molecule has 1 aromatic rings. The van der Waals surface area contributed by atoms with E-state index in [0.29, 0.717) is 17.9 Å². The molecule has 0 heterocycles. The summed E-state index contributed by atoms with van der Waals surface area (Å²) in [5, 5.41) is 15.4. The van der Waals surface area contributed by atoms with Gasteiger partial charge in [-0.25, -0.2) is 0 Å². The fraction of sp³-hybridized carbons (Fsp3) is 0.500. The van der Waals surface area contributed by atoms with Crippen molar-refractivity contribution in [1.82, 2.24) is 5.32 Å². The molecule has 0 saturated heterocycles. The van der Waals surface area contributed by atoms with Crippen molar-refractivity contribution in [2.45, 2.75) is 26.4 Å². The van der Waals surface area contributed by atoms with Gasteiger partial charge in [-0.1, -0.05) is 26.0 Å². The second kappa shape index (κ2) is 7.01. The molecule has 3 N–H and O–H groups in total. The van der Waals surface area contributed by atoms with Crippen LogP contribution in [0.5, 0.6) is 0 Å². The molecular formula is C14H22N2O2. The molecule has 1 atom stereocenters. The summed E-state index contributed by atoms with van der Waals surface area (Å²) in [5.41, 5.74) is 1.38. The first-order valence-electron chi connectivity index (χ1n) is 6.27. The number of rotatable bonds is 6. The van der Waals surface area contributed by atoms with Gasteiger partial charge in [-0.05, 0) is 24.5 Å². The van der Waals surface area contributed by atoms with Crippen LogP contribution in [-0.4, -0.2) is 30.7 Å². The minimum Gasteiger partial charge on any atom is -0.391 e. The first-order valence-corrected chi connectivity index (χ1v) is 6.27. The quantitative estimate of drug-likeness (QED) is 0.722. The Labute approximate surface area is 108 Å². The number of aliphatic hydroxyl groups is 1. The zero-order chi connectivity index (χ0) is 13.5. The Morgan fingerprint density at radius 2 is 2.00 bits per heavy atom. The first kappa shape index (κ1) is 14.5. The average Bonchev–Trinajstić information content (AvgIpc) is 2.35. The summed E-state index contributed by atoms with van der Waals surface area (Å²) in [7, 11) is 1.78. The molecule has 1 amide bonds. The van der Waals surface area contributed by atoms with Crippen LogP contribution in [0.25, 0.3) is 0 Å². The highest BCUT2D eigenvalue weighted by atomic mass is 16.3. The van der Waals surface area contributed by atoms with E-state index in [-0.39, 0.29) is 12.5 Å². The van der Waals surface area contributed by atoms with Gasteiger partial charge in [0.1, 0.15) is 0 Å². The molecule has 18 heavy (non-hydrogen) atoms. The fourth-order valence-corrected chi connectivity index (χ4v) is 1.83. The van der Waals surface area contributed by atoms with Gasteiger partial charge in [0.05, 0.1) is 11.7 Å². The number of anilines is 1. The zero-order valence-corrected chi connectivity index (χ0v) is 11.2. The second-order valence-electron chi connectivity index (χ2n) is 4.79. The third kappa shape index (κ3) is 4.37. The van der Waals surface area contributed by atoms with Crippen LogP contribution in [0.15, 0.2) is 24.3 Å². The van der Waals surface area contributed by atoms with Gasteiger partial charge in [0.2, 0.25) is 0 Å². The molecule has 0 fully saturated rings. The monoisotopic (exact) mass is 250 g/mol. The number of carbonyl (C=O) groups excluding carboxylic acids is 1. The molecule has 1 rings (SSSR count). The lowest BCUT2D eigenvalue weighted by Crippen LogP contribution is -2.33. The van der Waals surface area contributed by atoms with E-state index in [0.717, 1.165) is 5.69 Å². The molecule has 0 aliphatic heterocycles. The number of hydrogen-bond acceptors (Lipinski definition) is 3. The van der Waals surface area contributed by atoms with E-state index in [9.17, 15) is 9.90 Å². The summed E-state index contributed by atoms with van der Waals surface area (Å²) in [6.45, 7) is 4.37. The Kier molecular flexibility index (Phi) is 5.65. The number of amides is 1. The van der Waals surface area contributed by atoms with E-state index in [2.05, 4.69) is 10.6 Å². The number of nitrogens with one attached hydrogen (secondary N) is 2. The minimum absolute atomic E-state index is 0.164. The smallest absolute Gasteiger partial charge is 0.253 e. The van der Waals surface area contributed by atoms with Crippen LogP contribution in [0.3, 0.4) is 0 Å². The van der Waals surface area contributed by atoms with Crippen LogP contribution in [0.2, 0.25) is 0 Å². The van der Waals surface area contributed by atoms with Crippen LogP contribution in [0.4, 0.5) is 5.69 Å². The molecule has 0 aliphatic carbocycles. The van der Waals surface area contributed by atoms with Gasteiger partial charge in [-0.15, -0.1) is 0 Å². The van der Waals surface area contributed by atoms with Crippen LogP contribution in [0, 0.1) is 5.92 Å². The van der Waals surface area contributed by atoms with Crippen LogP contribution in [0.1, 0.15) is 30.6 Å². The normalized spacial score (nSPS) is 12.3. The molecule has 4 nitrogen and oxygen atoms in total. The van der Waals surface area contributed by atoms with E-state index in [1.54, 1.807) is 13.1 Å². The van der Waals surface area contributed by atoms with Crippen molar-refractivity contribution in [2.24, 2.45) is 5.92 Å². The van der Waals surface area contributed by atoms with Crippen molar-refractivity contribution >= 4 is 11.6 Å². The lowest BCUT2D eigenvalue weighted by atomic mass is 10.1. The number of hydrogen-bond donors (Lipinski definition) is 3. The van der Waals surface area contributed by atoms with E-state index < -0.39 is 6.10 Å². The molecule has 0 spiro atoms. The number of benzene rings is 1. The summed E-state index contributed by atoms with van der Waals surface area (Å²) in [4.78, 5) is 12.0. The maximum atomic E-state index is 12.0. The van der Waals surface area contributed by atoms with E-state index in [1.807, 2.05) is 32.0 Å². The number of carbonyl (C=O) groups is 1. The molecule has 0 bridgehead atoms. The molecule has 100 valence electrons. The largest absolute Gasteiger partial charge is 0.391 e. The van der Waals surface area contributed by atoms with E-state index in [4.69, 9.17) is 0 Å². The molecule has 0 radical (unpaired) electrons. The number of aliphatic hydroxyl groups excluding tert-OH is 1. The highest BCUT2D eigenvalue weighted by molar-refractivity contribution is 5.99. The standard InChI is InChI=1S/C14H22N2O2/c1-10(2)8-11(17)9-16-14(18)12-6-4-5-7-13(12)15-3/h4-7,10-11,15,17H,8-9H2,1-3H3,(H,16,18). The molecule has 0 saturated carbocycles. The lowest BCUT2D eigenvalue weighted by Gasteiger charge is -2.15. The van der Waals surface area contributed by atoms with Gasteiger partial charge >= 0.3 is 0 Å². The summed E-state index contributed by atoms with van der Waals surface area (Å²) in [6.07, 6.45) is 0.198. The molecule has 0 aromatic heterocycles. The zero-order valence-electron chi connectivity index (χ0n) is 11.2. The fourth-order valence-electron chi connectivity index (χ4n) is 1.83. The van der Waals surface area contributed by atoms with Crippen molar-refractivity contribution < 1.29 is 9.90 Å². The van der Waals surface area contributed by atoms with Crippen molar-refractivity contribution in [3.05, 3.63) is 29.8 Å². The van der Waals surface area contributed by atoms with Crippen molar-refractivity contribution in [1.29, 1.82) is 0 Å². The van der Waals surface area contributed by atoms with Gasteiger partial charge in [0, 0.05) is 19.3 Å². The third-order valence-corrected chi connectivity index (χ3v) is 2.68. The average molecular weight is 250 g/mol. The van der Waals surface area contributed by atoms with Gasteiger partial charge in [0.15, 0.2) is 0 Å². The number of para-hydroxylation sites is 1. The highest BCUT2D eigenvalue weighted by Crippen LogP contribution is 2.13. The first-order chi connectivity index (χ1) is 8.54. The predicted molar refractivity (Wildman–Crippen MR) is 73.8 cm³/mol. The maximum Gasteiger partial charge on any atom is 0.253 e. The Hall–Kier alpha value is -1.55. The summed E-state index contributed by atoms with van der Waals surface area (Å²) < 4.78 is 0. The molecule has 1 unspecified atom stereocenters. The summed E-state index contributed by atoms with van der Waals surface area (Å²) in [6, 6.07) is 7.30. The van der Waals surface area contributed by atoms with Gasteiger partial charge in [-0.2, -0.15) is 0 Å². The molecule has 4 heteroatoms. The van der Waals surface area contributed by atoms with Crippen molar-refractivity contribution in [2.75, 3.05) is 18.9 Å². The van der Waals surface area contributed by atoms with Crippen molar-refractivity contribution in [3.63, 3.8) is 0 Å². The topological polar surface area (TPSA) is 61.4 Å². The van der Waals surface area contributed by atoms with Crippen LogP contribution >= 0.6 is 0 Å². The van der Waals surface area contributed by atoms with Gasteiger partial charge in [-0.3, -0.25) is 4.79 Å². The Bertz CT molecular complexity index is 391. The predicted octanol–water partition coefficient (Wildman–Crippen LogP) is 1.87. The van der Waals surface area contributed by atoms with Crippen LogP contribution < -0.4 is 10.6 Å². The van der Waals surface area contributed by atoms with Gasteiger partial charge in [0.25, 0.3) is 5.91 Å². The Morgan fingerprint density at radius 1 is 1.33 bits per heavy atom. The molecule has 0 aliphatic rings. The summed E-state index contributed by atoms with van der Waals surface area (Å²) >= 11 is 0. The Balaban J connectivity index is 2.55. The SMILES string of the molecule is CNc1ccccc1C(=O)NCC(O)CC(C)C. The van der Waals surface area contributed by atoms with Gasteiger partial charge < -0.3 is 15.7 Å². The molecule has 1 aromatic carbocycles. The highest BCUT2D eigenvalue weighted by Gasteiger charge is 2.12. The molecular weight excluding hydrogens is 228 g/mol. The maximum absolute atomic E-state index is 12.0. The van der Waals surface area contributed by atoms with Crippen LogP contribution in [-0.2, 0) is 0 Å². The lowest BCUT2D eigenvalue weighted by molar-refractivity contribution is 0.0901. The third-order valence-electron chi connectivity index (χ3n) is 2.68. The Morgan fingerprint density at radius 3 is 2.61 bits per heavy atom. The second-order valence-corrected chi connectivity index (χ2v) is 4.79. The van der Waals surface area contributed by atoms with Crippen molar-refractivity contribution in [3.8, 4) is 0 Å². The minimum atomic E-state index is -0.490. The van der Waals surface area contributed by atoms with E-state index >= 15 is 0 Å². The van der Waals surface area contributed by atoms with E-state index in [1.165, 1.54) is 0 Å². The summed E-state index contributed by atoms with van der Waals surface area (Å²) in [5.74, 6) is 0.254.